The van der Waals surface area contributed by atoms with Gasteiger partial charge in [-0.3, -0.25) is 9.59 Å². The Morgan fingerprint density at radius 1 is 0.659 bits per heavy atom. The van der Waals surface area contributed by atoms with Gasteiger partial charge in [0.05, 0.1) is 11.4 Å². The normalized spacial score (nSPS) is 10.3. The van der Waals surface area contributed by atoms with Gasteiger partial charge in [-0.1, -0.05) is 70.7 Å². The molecule has 1 heterocycles. The third-order valence-electron chi connectivity index (χ3n) is 5.64. The number of halogens is 4. The van der Waals surface area contributed by atoms with Crippen LogP contribution in [-0.4, -0.2) is 22.3 Å². The zero-order valence-electron chi connectivity index (χ0n) is 21.5. The van der Waals surface area contributed by atoms with E-state index >= 15 is 0 Å². The Balaban J connectivity index is 0.000000367. The molecule has 4 aromatic carbocycles. The van der Waals surface area contributed by atoms with Crippen LogP contribution in [0.25, 0.3) is 22.5 Å². The molecule has 0 bridgehead atoms. The molecule has 41 heavy (non-hydrogen) atoms. The van der Waals surface area contributed by atoms with E-state index in [1.807, 2.05) is 49.4 Å². The average molecular weight is 624 g/mol. The second-order valence-corrected chi connectivity index (χ2v) is 10.5. The summed E-state index contributed by atoms with van der Waals surface area (Å²) in [5.41, 5.74) is 6.06. The van der Waals surface area contributed by atoms with Crippen LogP contribution in [0.3, 0.4) is 0 Å². The molecule has 1 aromatic heterocycles. The summed E-state index contributed by atoms with van der Waals surface area (Å²) >= 11 is 23.3. The number of aryl methyl sites for hydroxylation is 1. The van der Waals surface area contributed by atoms with Crippen LogP contribution in [0.5, 0.6) is 0 Å². The van der Waals surface area contributed by atoms with Gasteiger partial charge in [-0.15, -0.1) is 0 Å². The van der Waals surface area contributed by atoms with Crippen molar-refractivity contribution < 1.29 is 9.59 Å². The van der Waals surface area contributed by atoms with Gasteiger partial charge < -0.3 is 10.6 Å². The quantitative estimate of drug-likeness (QED) is 0.185. The second-order valence-electron chi connectivity index (χ2n) is 8.76. The van der Waals surface area contributed by atoms with E-state index in [0.29, 0.717) is 43.4 Å². The summed E-state index contributed by atoms with van der Waals surface area (Å²) in [4.78, 5) is 31.7. The van der Waals surface area contributed by atoms with Gasteiger partial charge in [0.1, 0.15) is 6.33 Å². The van der Waals surface area contributed by atoms with Gasteiger partial charge in [0.15, 0.2) is 0 Å². The van der Waals surface area contributed by atoms with Gasteiger partial charge in [-0.25, -0.2) is 9.97 Å². The first kappa shape index (κ1) is 30.0. The molecular weight excluding hydrogens is 602 g/mol. The van der Waals surface area contributed by atoms with Crippen molar-refractivity contribution in [3.05, 3.63) is 129 Å². The SMILES string of the molecule is Cc1cc(Cl)cc(Cl)c1.O=CNc1ccc(-c2cc(-c3ccc(NC(=O)c4cc(Cl)cc(Cl)c4)cc3)ncn2)cc1. The van der Waals surface area contributed by atoms with Crippen LogP contribution >= 0.6 is 46.4 Å². The number of rotatable bonds is 6. The summed E-state index contributed by atoms with van der Waals surface area (Å²) in [6, 6.07) is 26.7. The van der Waals surface area contributed by atoms with Crippen LogP contribution in [0.1, 0.15) is 15.9 Å². The lowest BCUT2D eigenvalue weighted by Crippen LogP contribution is -2.11. The molecule has 0 aliphatic carbocycles. The Bertz CT molecular complexity index is 1610. The molecular formula is C31H22Cl4N4O2. The summed E-state index contributed by atoms with van der Waals surface area (Å²) in [7, 11) is 0. The fraction of sp³-hybridized carbons (Fsp3) is 0.0323. The van der Waals surface area contributed by atoms with E-state index in [4.69, 9.17) is 46.4 Å². The molecule has 5 rings (SSSR count). The van der Waals surface area contributed by atoms with Gasteiger partial charge in [-0.05, 0) is 79.2 Å². The lowest BCUT2D eigenvalue weighted by molar-refractivity contribution is -0.105. The predicted molar refractivity (Wildman–Crippen MR) is 168 cm³/mol. The van der Waals surface area contributed by atoms with Crippen molar-refractivity contribution >= 4 is 70.1 Å². The number of hydrogen-bond acceptors (Lipinski definition) is 4. The molecule has 2 N–H and O–H groups in total. The minimum atomic E-state index is -0.306. The molecule has 2 amide bonds. The van der Waals surface area contributed by atoms with Crippen molar-refractivity contribution in [3.8, 4) is 22.5 Å². The van der Waals surface area contributed by atoms with Gasteiger partial charge in [0.25, 0.3) is 5.91 Å². The maximum atomic E-state index is 12.5. The summed E-state index contributed by atoms with van der Waals surface area (Å²) in [5.74, 6) is -0.306. The van der Waals surface area contributed by atoms with Crippen LogP contribution in [0.15, 0.2) is 97.3 Å². The molecule has 0 saturated carbocycles. The summed E-state index contributed by atoms with van der Waals surface area (Å²) < 4.78 is 0. The molecule has 0 spiro atoms. The monoisotopic (exact) mass is 622 g/mol. The van der Waals surface area contributed by atoms with E-state index in [-0.39, 0.29) is 5.91 Å². The molecule has 0 aliphatic rings. The van der Waals surface area contributed by atoms with Gasteiger partial charge in [-0.2, -0.15) is 0 Å². The van der Waals surface area contributed by atoms with Crippen LogP contribution < -0.4 is 10.6 Å². The van der Waals surface area contributed by atoms with Crippen molar-refractivity contribution in [3.63, 3.8) is 0 Å². The first-order valence-electron chi connectivity index (χ1n) is 12.1. The van der Waals surface area contributed by atoms with E-state index in [2.05, 4.69) is 20.6 Å². The van der Waals surface area contributed by atoms with Crippen LogP contribution in [0.4, 0.5) is 11.4 Å². The maximum Gasteiger partial charge on any atom is 0.255 e. The highest BCUT2D eigenvalue weighted by atomic mass is 35.5. The Kier molecular flexibility index (Phi) is 10.3. The van der Waals surface area contributed by atoms with Crippen LogP contribution in [-0.2, 0) is 4.79 Å². The topological polar surface area (TPSA) is 84.0 Å². The molecule has 10 heteroatoms. The van der Waals surface area contributed by atoms with E-state index in [1.165, 1.54) is 6.33 Å². The van der Waals surface area contributed by atoms with Crippen LogP contribution in [0.2, 0.25) is 20.1 Å². The zero-order valence-corrected chi connectivity index (χ0v) is 24.6. The molecule has 5 aromatic rings. The average Bonchev–Trinajstić information content (AvgIpc) is 2.93. The fourth-order valence-electron chi connectivity index (χ4n) is 3.78. The van der Waals surface area contributed by atoms with Crippen molar-refractivity contribution in [2.24, 2.45) is 0 Å². The lowest BCUT2D eigenvalue weighted by atomic mass is 10.1. The Labute approximate surface area is 257 Å². The zero-order chi connectivity index (χ0) is 29.4. The van der Waals surface area contributed by atoms with E-state index in [1.54, 1.807) is 48.5 Å². The molecule has 0 unspecified atom stereocenters. The third kappa shape index (κ3) is 8.77. The summed E-state index contributed by atoms with van der Waals surface area (Å²) in [6.45, 7) is 1.96. The summed E-state index contributed by atoms with van der Waals surface area (Å²) in [6.07, 6.45) is 2.13. The number of aromatic nitrogens is 2. The van der Waals surface area contributed by atoms with Crippen molar-refractivity contribution in [1.82, 2.24) is 9.97 Å². The molecule has 0 saturated heterocycles. The maximum absolute atomic E-state index is 12.5. The number of carbonyl (C=O) groups excluding carboxylic acids is 2. The highest BCUT2D eigenvalue weighted by Crippen LogP contribution is 2.26. The number of amides is 2. The van der Waals surface area contributed by atoms with Crippen LogP contribution in [0, 0.1) is 6.92 Å². The molecule has 206 valence electrons. The molecule has 6 nitrogen and oxygen atoms in total. The standard InChI is InChI=1S/C24H16Cl2N4O2.C7H6Cl2/c25-18-9-17(10-19(26)11-18)24(32)30-21-7-3-16(4-8-21)23-12-22(27-13-28-23)15-1-5-20(6-2-15)29-14-31;1-5-2-6(8)4-7(9)3-5/h1-14H,(H,29,31)(H,30,32);2-4H,1H3. The Morgan fingerprint density at radius 3 is 1.59 bits per heavy atom. The highest BCUT2D eigenvalue weighted by molar-refractivity contribution is 6.35. The van der Waals surface area contributed by atoms with Gasteiger partial charge in [0.2, 0.25) is 6.41 Å². The number of hydrogen-bond donors (Lipinski definition) is 2. The number of anilines is 2. The predicted octanol–water partition coefficient (Wildman–Crippen LogP) is 9.24. The van der Waals surface area contributed by atoms with Gasteiger partial charge in [0, 0.05) is 48.2 Å². The summed E-state index contributed by atoms with van der Waals surface area (Å²) in [5, 5.41) is 7.61. The minimum Gasteiger partial charge on any atom is -0.329 e. The molecule has 0 atom stereocenters. The first-order chi connectivity index (χ1) is 19.7. The van der Waals surface area contributed by atoms with Crippen molar-refractivity contribution in [2.75, 3.05) is 10.6 Å². The number of carbonyl (C=O) groups is 2. The van der Waals surface area contributed by atoms with E-state index in [9.17, 15) is 9.59 Å². The first-order valence-corrected chi connectivity index (χ1v) is 13.6. The second kappa shape index (κ2) is 14.1. The van der Waals surface area contributed by atoms with Crippen molar-refractivity contribution in [2.45, 2.75) is 6.92 Å². The lowest BCUT2D eigenvalue weighted by Gasteiger charge is -2.08. The third-order valence-corrected chi connectivity index (χ3v) is 6.52. The van der Waals surface area contributed by atoms with E-state index in [0.717, 1.165) is 28.1 Å². The number of nitrogens with zero attached hydrogens (tertiary/aromatic N) is 2. The molecule has 0 radical (unpaired) electrons. The molecule has 0 aliphatic heterocycles. The minimum absolute atomic E-state index is 0.306. The number of nitrogens with one attached hydrogen (secondary N) is 2. The van der Waals surface area contributed by atoms with E-state index < -0.39 is 0 Å². The molecule has 0 fully saturated rings. The fourth-order valence-corrected chi connectivity index (χ4v) is 4.94. The smallest absolute Gasteiger partial charge is 0.255 e. The Morgan fingerprint density at radius 2 is 1.12 bits per heavy atom. The van der Waals surface area contributed by atoms with Gasteiger partial charge >= 0.3 is 0 Å². The van der Waals surface area contributed by atoms with Crippen molar-refractivity contribution in [1.29, 1.82) is 0 Å². The Hall–Kier alpha value is -3.94. The number of benzene rings is 4. The highest BCUT2D eigenvalue weighted by Gasteiger charge is 2.10. The largest absolute Gasteiger partial charge is 0.329 e.